The number of benzene rings is 1. The Balaban J connectivity index is 1.88. The van der Waals surface area contributed by atoms with E-state index in [1.165, 1.54) is 25.6 Å². The predicted octanol–water partition coefficient (Wildman–Crippen LogP) is 3.52. The van der Waals surface area contributed by atoms with Crippen LogP contribution in [0, 0.1) is 13.8 Å². The van der Waals surface area contributed by atoms with Gasteiger partial charge in [0.05, 0.1) is 0 Å². The maximum Gasteiger partial charge on any atom is 0.306 e. The number of carbonyl (C=O) groups excluding carboxylic acids is 3. The van der Waals surface area contributed by atoms with Gasteiger partial charge in [-0.25, -0.2) is 9.97 Å². The zero-order valence-electron chi connectivity index (χ0n) is 17.2. The number of thioether (sulfide) groups is 1. The number of carbonyl (C=O) groups is 3. The smallest absolute Gasteiger partial charge is 0.306 e. The Hall–Kier alpha value is -2.74. The summed E-state index contributed by atoms with van der Waals surface area (Å²) in [5, 5.41) is 3.37. The number of aromatic nitrogens is 2. The minimum atomic E-state index is -0.938. The first-order chi connectivity index (χ1) is 13.7. The number of Topliss-reactive ketones (excluding diaryl/α,β-unsaturated/α-hetero) is 1. The highest BCUT2D eigenvalue weighted by atomic mass is 32.2. The molecule has 0 radical (unpaired) electrons. The van der Waals surface area contributed by atoms with Crippen molar-refractivity contribution >= 4 is 35.1 Å². The molecule has 8 heteroatoms. The molecule has 0 aliphatic rings. The van der Waals surface area contributed by atoms with Crippen molar-refractivity contribution in [2.45, 2.75) is 51.8 Å². The highest BCUT2D eigenvalue weighted by Crippen LogP contribution is 2.17. The molecular formula is C21H25N3O4S. The van der Waals surface area contributed by atoms with Crippen molar-refractivity contribution in [1.29, 1.82) is 0 Å². The van der Waals surface area contributed by atoms with E-state index in [4.69, 9.17) is 4.74 Å². The molecule has 29 heavy (non-hydrogen) atoms. The van der Waals surface area contributed by atoms with Crippen LogP contribution in [-0.2, 0) is 20.7 Å². The molecule has 0 aliphatic carbocycles. The molecule has 7 nitrogen and oxygen atoms in total. The molecule has 1 aromatic carbocycles. The van der Waals surface area contributed by atoms with Crippen LogP contribution >= 0.6 is 11.8 Å². The average Bonchev–Trinajstić information content (AvgIpc) is 2.67. The summed E-state index contributed by atoms with van der Waals surface area (Å²) in [5.74, 6) is -0.953. The average molecular weight is 416 g/mol. The minimum absolute atomic E-state index is 0.0517. The molecule has 2 aromatic rings. The summed E-state index contributed by atoms with van der Waals surface area (Å²) in [5.41, 5.74) is 3.69. The molecule has 1 atom stereocenters. The van der Waals surface area contributed by atoms with E-state index in [2.05, 4.69) is 15.3 Å². The van der Waals surface area contributed by atoms with Crippen LogP contribution < -0.4 is 5.32 Å². The first-order valence-electron chi connectivity index (χ1n) is 9.20. The van der Waals surface area contributed by atoms with E-state index in [0.29, 0.717) is 22.8 Å². The molecule has 0 unspecified atom stereocenters. The molecule has 0 saturated heterocycles. The van der Waals surface area contributed by atoms with E-state index in [0.717, 1.165) is 17.0 Å². The third kappa shape index (κ3) is 6.39. The Morgan fingerprint density at radius 1 is 1.10 bits per heavy atom. The topological polar surface area (TPSA) is 98.2 Å². The zero-order chi connectivity index (χ0) is 21.6. The van der Waals surface area contributed by atoms with Gasteiger partial charge in [-0.1, -0.05) is 11.8 Å². The molecule has 1 aromatic heterocycles. The fraction of sp³-hybridized carbons (Fsp3) is 0.381. The highest BCUT2D eigenvalue weighted by molar-refractivity contribution is 7.98. The first-order valence-corrected chi connectivity index (χ1v) is 10.4. The summed E-state index contributed by atoms with van der Waals surface area (Å²) in [4.78, 5) is 44.5. The minimum Gasteiger partial charge on any atom is -0.453 e. The zero-order valence-corrected chi connectivity index (χ0v) is 18.1. The van der Waals surface area contributed by atoms with Crippen LogP contribution in [0.1, 0.15) is 47.6 Å². The summed E-state index contributed by atoms with van der Waals surface area (Å²) in [6.45, 7) is 6.77. The summed E-state index contributed by atoms with van der Waals surface area (Å²) in [6, 6.07) is 6.52. The molecule has 0 fully saturated rings. The quantitative estimate of drug-likeness (QED) is 0.305. The molecular weight excluding hydrogens is 390 g/mol. The third-order valence-electron chi connectivity index (χ3n) is 4.40. The highest BCUT2D eigenvalue weighted by Gasteiger charge is 2.19. The van der Waals surface area contributed by atoms with Gasteiger partial charge >= 0.3 is 5.97 Å². The largest absolute Gasteiger partial charge is 0.453 e. The normalized spacial score (nSPS) is 11.6. The molecule has 154 valence electrons. The van der Waals surface area contributed by atoms with Gasteiger partial charge < -0.3 is 10.1 Å². The Labute approximate surface area is 174 Å². The fourth-order valence-electron chi connectivity index (χ4n) is 2.73. The number of nitrogens with one attached hydrogen (secondary N) is 1. The lowest BCUT2D eigenvalue weighted by atomic mass is 10.1. The monoisotopic (exact) mass is 415 g/mol. The van der Waals surface area contributed by atoms with E-state index in [9.17, 15) is 14.4 Å². The summed E-state index contributed by atoms with van der Waals surface area (Å²) >= 11 is 1.47. The van der Waals surface area contributed by atoms with Crippen LogP contribution in [0.3, 0.4) is 0 Å². The van der Waals surface area contributed by atoms with Gasteiger partial charge in [-0.15, -0.1) is 0 Å². The lowest BCUT2D eigenvalue weighted by molar-refractivity contribution is -0.153. The van der Waals surface area contributed by atoms with Crippen LogP contribution in [0.4, 0.5) is 5.69 Å². The maximum atomic E-state index is 12.2. The predicted molar refractivity (Wildman–Crippen MR) is 112 cm³/mol. The number of anilines is 1. The maximum absolute atomic E-state index is 12.2. The second-order valence-corrected chi connectivity index (χ2v) is 7.39. The van der Waals surface area contributed by atoms with Gasteiger partial charge in [0.15, 0.2) is 17.0 Å². The molecule has 1 heterocycles. The van der Waals surface area contributed by atoms with E-state index >= 15 is 0 Å². The number of esters is 1. The van der Waals surface area contributed by atoms with Crippen LogP contribution in [0.15, 0.2) is 29.4 Å². The number of hydrogen-bond donors (Lipinski definition) is 1. The van der Waals surface area contributed by atoms with E-state index in [1.807, 2.05) is 20.1 Å². The third-order valence-corrected chi connectivity index (χ3v) is 4.95. The van der Waals surface area contributed by atoms with E-state index in [1.54, 1.807) is 24.3 Å². The van der Waals surface area contributed by atoms with Crippen molar-refractivity contribution in [3.63, 3.8) is 0 Å². The van der Waals surface area contributed by atoms with Gasteiger partial charge in [0.2, 0.25) is 0 Å². The Kier molecular flexibility index (Phi) is 7.90. The molecule has 0 bridgehead atoms. The van der Waals surface area contributed by atoms with Gasteiger partial charge in [0, 0.05) is 29.1 Å². The van der Waals surface area contributed by atoms with Crippen LogP contribution in [0.5, 0.6) is 0 Å². The van der Waals surface area contributed by atoms with E-state index < -0.39 is 18.0 Å². The van der Waals surface area contributed by atoms with E-state index in [-0.39, 0.29) is 12.2 Å². The second-order valence-electron chi connectivity index (χ2n) is 6.61. The van der Waals surface area contributed by atoms with Gasteiger partial charge in [-0.2, -0.15) is 0 Å². The number of aryl methyl sites for hydroxylation is 2. The van der Waals surface area contributed by atoms with Gasteiger partial charge in [-0.05, 0) is 70.2 Å². The number of amides is 1. The van der Waals surface area contributed by atoms with Crippen molar-refractivity contribution in [1.82, 2.24) is 9.97 Å². The number of nitrogens with zero attached hydrogens (tertiary/aromatic N) is 2. The van der Waals surface area contributed by atoms with Crippen molar-refractivity contribution in [3.05, 3.63) is 46.8 Å². The summed E-state index contributed by atoms with van der Waals surface area (Å²) in [6.07, 6.45) is 1.56. The number of ketones is 1. The Bertz CT molecular complexity index is 890. The SMILES string of the molecule is CSc1nc(C)c(CCC(=O)O[C@H](C)C(=O)Nc2ccc(C(C)=O)cc2)c(C)n1. The van der Waals surface area contributed by atoms with Crippen LogP contribution in [0.25, 0.3) is 0 Å². The van der Waals surface area contributed by atoms with Gasteiger partial charge in [-0.3, -0.25) is 14.4 Å². The fourth-order valence-corrected chi connectivity index (χ4v) is 3.19. The van der Waals surface area contributed by atoms with Crippen molar-refractivity contribution in [2.75, 3.05) is 11.6 Å². The Morgan fingerprint density at radius 3 is 2.21 bits per heavy atom. The standard InChI is InChI=1S/C21H25N3O4S/c1-12-18(13(2)23-21(22-12)29-5)10-11-19(26)28-15(4)20(27)24-17-8-6-16(7-9-17)14(3)25/h6-9,15H,10-11H2,1-5H3,(H,24,27)/t15-/m1/s1. The molecule has 0 saturated carbocycles. The van der Waals surface area contributed by atoms with Crippen LogP contribution in [-0.4, -0.2) is 40.0 Å². The molecule has 1 N–H and O–H groups in total. The molecule has 0 spiro atoms. The number of rotatable bonds is 8. The number of hydrogen-bond acceptors (Lipinski definition) is 7. The summed E-state index contributed by atoms with van der Waals surface area (Å²) in [7, 11) is 0. The molecule has 2 rings (SSSR count). The van der Waals surface area contributed by atoms with Crippen molar-refractivity contribution in [3.8, 4) is 0 Å². The van der Waals surface area contributed by atoms with Crippen molar-refractivity contribution < 1.29 is 19.1 Å². The lowest BCUT2D eigenvalue weighted by Gasteiger charge is -2.14. The lowest BCUT2D eigenvalue weighted by Crippen LogP contribution is -2.30. The van der Waals surface area contributed by atoms with Gasteiger partial charge in [0.25, 0.3) is 5.91 Å². The number of ether oxygens (including phenoxy) is 1. The Morgan fingerprint density at radius 2 is 1.69 bits per heavy atom. The van der Waals surface area contributed by atoms with Crippen LogP contribution in [0.2, 0.25) is 0 Å². The first kappa shape index (κ1) is 22.5. The molecule has 0 aliphatic heterocycles. The summed E-state index contributed by atoms with van der Waals surface area (Å²) < 4.78 is 5.24. The van der Waals surface area contributed by atoms with Crippen molar-refractivity contribution in [2.24, 2.45) is 0 Å². The van der Waals surface area contributed by atoms with Gasteiger partial charge in [0.1, 0.15) is 0 Å². The molecule has 1 amide bonds. The second kappa shape index (κ2) is 10.2.